The minimum atomic E-state index is 0.249. The molecule has 9 nitrogen and oxygen atoms in total. The topological polar surface area (TPSA) is 84.9 Å². The number of nitrogens with zero attached hydrogens (tertiary/aromatic N) is 3. The highest BCUT2D eigenvalue weighted by Crippen LogP contribution is 2.44. The molecule has 9 heteroatoms. The van der Waals surface area contributed by atoms with Crippen LogP contribution in [0.15, 0.2) is 0 Å². The van der Waals surface area contributed by atoms with E-state index in [4.69, 9.17) is 28.4 Å². The van der Waals surface area contributed by atoms with Crippen LogP contribution >= 0.6 is 0 Å². The van der Waals surface area contributed by atoms with E-state index in [1.54, 1.807) is 0 Å². The van der Waals surface area contributed by atoms with Crippen LogP contribution in [0.5, 0.6) is 0 Å². The van der Waals surface area contributed by atoms with E-state index in [0.29, 0.717) is 42.5 Å². The zero-order valence-corrected chi connectivity index (χ0v) is 21.8. The van der Waals surface area contributed by atoms with Crippen molar-refractivity contribution in [3.63, 3.8) is 0 Å². The van der Waals surface area contributed by atoms with Gasteiger partial charge in [0.25, 0.3) is 0 Å². The Morgan fingerprint density at radius 3 is 1.19 bits per heavy atom. The Morgan fingerprint density at radius 1 is 0.472 bits per heavy atom. The first-order chi connectivity index (χ1) is 17.7. The van der Waals surface area contributed by atoms with E-state index in [1.807, 2.05) is 0 Å². The average molecular weight is 508 g/mol. The molecule has 0 aromatic rings. The fourth-order valence-corrected chi connectivity index (χ4v) is 6.73. The third-order valence-electron chi connectivity index (χ3n) is 9.08. The molecular formula is C27H45N3O6. The van der Waals surface area contributed by atoms with Gasteiger partial charge in [0, 0.05) is 58.9 Å². The molecular weight excluding hydrogens is 462 g/mol. The minimum absolute atomic E-state index is 0.249. The highest BCUT2D eigenvalue weighted by atomic mass is 16.6. The fraction of sp³-hybridized carbons (Fsp3) is 1.00. The average Bonchev–Trinajstić information content (AvgIpc) is 3.61. The van der Waals surface area contributed by atoms with E-state index in [1.165, 1.54) is 25.7 Å². The minimum Gasteiger partial charge on any atom is -0.372 e. The van der Waals surface area contributed by atoms with Crippen molar-refractivity contribution in [2.24, 2.45) is 11.3 Å². The quantitative estimate of drug-likeness (QED) is 0.246. The number of epoxide rings is 6. The molecule has 0 spiro atoms. The van der Waals surface area contributed by atoms with Crippen LogP contribution in [0.2, 0.25) is 0 Å². The molecule has 0 amide bonds. The summed E-state index contributed by atoms with van der Waals surface area (Å²) in [5.41, 5.74) is 0.249. The number of hydrogen-bond donors (Lipinski definition) is 0. The molecule has 0 bridgehead atoms. The Bertz CT molecular complexity index is 659. The van der Waals surface area contributed by atoms with Crippen LogP contribution in [0.1, 0.15) is 25.7 Å². The first-order valence-electron chi connectivity index (χ1n) is 14.6. The maximum atomic E-state index is 5.70. The Labute approximate surface area is 215 Å². The van der Waals surface area contributed by atoms with Crippen molar-refractivity contribution in [1.29, 1.82) is 0 Å². The number of rotatable bonds is 18. The molecule has 0 radical (unpaired) electrons. The van der Waals surface area contributed by atoms with Gasteiger partial charge in [0.15, 0.2) is 0 Å². The van der Waals surface area contributed by atoms with Gasteiger partial charge in [-0.25, -0.2) is 0 Å². The van der Waals surface area contributed by atoms with Crippen molar-refractivity contribution in [2.45, 2.75) is 62.3 Å². The van der Waals surface area contributed by atoms with E-state index >= 15 is 0 Å². The molecule has 7 unspecified atom stereocenters. The van der Waals surface area contributed by atoms with E-state index in [0.717, 1.165) is 98.5 Å². The number of hydrogen-bond acceptors (Lipinski definition) is 9. The third kappa shape index (κ3) is 7.39. The second kappa shape index (κ2) is 10.7. The van der Waals surface area contributed by atoms with Crippen molar-refractivity contribution in [3.05, 3.63) is 0 Å². The Kier molecular flexibility index (Phi) is 7.30. The maximum Gasteiger partial charge on any atom is 0.0936 e. The SMILES string of the molecule is C1CCC(CN(CC2CO2)CC2CO2)(CN(CC2CO2)CC2CO2)C(CN(CC2CO2)CC2CO2)C1. The lowest BCUT2D eigenvalue weighted by Gasteiger charge is -2.50. The largest absolute Gasteiger partial charge is 0.372 e. The van der Waals surface area contributed by atoms with Gasteiger partial charge in [-0.3, -0.25) is 14.7 Å². The molecule has 6 aliphatic heterocycles. The summed E-state index contributed by atoms with van der Waals surface area (Å²) in [6, 6.07) is 0. The first-order valence-corrected chi connectivity index (χ1v) is 14.6. The van der Waals surface area contributed by atoms with Crippen molar-refractivity contribution in [3.8, 4) is 0 Å². The summed E-state index contributed by atoms with van der Waals surface area (Å²) in [4.78, 5) is 8.08. The Hall–Kier alpha value is -0.360. The van der Waals surface area contributed by atoms with Crippen LogP contribution in [0, 0.1) is 11.3 Å². The van der Waals surface area contributed by atoms with Crippen molar-refractivity contribution in [2.75, 3.05) is 98.5 Å². The van der Waals surface area contributed by atoms with Crippen LogP contribution in [0.4, 0.5) is 0 Å². The van der Waals surface area contributed by atoms with Gasteiger partial charge >= 0.3 is 0 Å². The van der Waals surface area contributed by atoms with E-state index < -0.39 is 0 Å². The van der Waals surface area contributed by atoms with Crippen LogP contribution in [-0.2, 0) is 28.4 Å². The molecule has 36 heavy (non-hydrogen) atoms. The summed E-state index contributed by atoms with van der Waals surface area (Å²) in [6.45, 7) is 15.2. The fourth-order valence-electron chi connectivity index (χ4n) is 6.73. The van der Waals surface area contributed by atoms with Gasteiger partial charge in [0.05, 0.1) is 76.3 Å². The standard InChI is InChI=1S/C27H45N3O6/c1-2-4-27(18-29(8-23-14-33-23)9-24-15-34-24,19-30(10-25-16-35-25)11-26-17-36-26)20(3-1)5-28(6-21-12-31-21)7-22-13-32-22/h20-26H,1-19H2. The van der Waals surface area contributed by atoms with E-state index in [9.17, 15) is 0 Å². The lowest BCUT2D eigenvalue weighted by atomic mass is 9.65. The zero-order chi connectivity index (χ0) is 24.0. The van der Waals surface area contributed by atoms with Crippen LogP contribution < -0.4 is 0 Å². The smallest absolute Gasteiger partial charge is 0.0936 e. The lowest BCUT2D eigenvalue weighted by molar-refractivity contribution is -0.0141. The molecule has 7 atom stereocenters. The van der Waals surface area contributed by atoms with E-state index in [2.05, 4.69) is 14.7 Å². The predicted molar refractivity (Wildman–Crippen MR) is 132 cm³/mol. The molecule has 1 aliphatic carbocycles. The second-order valence-electron chi connectivity index (χ2n) is 12.6. The molecule has 0 aromatic carbocycles. The molecule has 0 N–H and O–H groups in total. The second-order valence-corrected chi connectivity index (χ2v) is 12.6. The zero-order valence-electron chi connectivity index (χ0n) is 21.8. The summed E-state index contributed by atoms with van der Waals surface area (Å²) >= 11 is 0. The van der Waals surface area contributed by atoms with Crippen LogP contribution in [0.25, 0.3) is 0 Å². The summed E-state index contributed by atoms with van der Waals surface area (Å²) in [5.74, 6) is 0.661. The van der Waals surface area contributed by atoms with Gasteiger partial charge in [0.2, 0.25) is 0 Å². The molecule has 204 valence electrons. The van der Waals surface area contributed by atoms with Gasteiger partial charge < -0.3 is 28.4 Å². The van der Waals surface area contributed by atoms with Gasteiger partial charge in [-0.2, -0.15) is 0 Å². The lowest BCUT2D eigenvalue weighted by Crippen LogP contribution is -2.56. The van der Waals surface area contributed by atoms with Crippen LogP contribution in [0.3, 0.4) is 0 Å². The molecule has 7 rings (SSSR count). The van der Waals surface area contributed by atoms with Crippen molar-refractivity contribution < 1.29 is 28.4 Å². The molecule has 7 aliphatic rings. The highest BCUT2D eigenvalue weighted by molar-refractivity contribution is 4.99. The monoisotopic (exact) mass is 507 g/mol. The molecule has 0 aromatic heterocycles. The van der Waals surface area contributed by atoms with E-state index in [-0.39, 0.29) is 5.41 Å². The molecule has 6 saturated heterocycles. The molecule has 6 heterocycles. The summed E-state index contributed by atoms with van der Waals surface area (Å²) in [6.07, 6.45) is 7.78. The van der Waals surface area contributed by atoms with Gasteiger partial charge in [-0.1, -0.05) is 12.8 Å². The third-order valence-corrected chi connectivity index (χ3v) is 9.08. The summed E-state index contributed by atoms with van der Waals surface area (Å²) < 4.78 is 34.1. The van der Waals surface area contributed by atoms with Gasteiger partial charge in [-0.15, -0.1) is 0 Å². The molecule has 7 fully saturated rings. The van der Waals surface area contributed by atoms with Gasteiger partial charge in [0.1, 0.15) is 0 Å². The predicted octanol–water partition coefficient (Wildman–Crippen LogP) is 0.462. The van der Waals surface area contributed by atoms with Gasteiger partial charge in [-0.05, 0) is 24.2 Å². The van der Waals surface area contributed by atoms with Crippen LogP contribution in [-0.4, -0.2) is 150 Å². The highest BCUT2D eigenvalue weighted by Gasteiger charge is 2.47. The normalized spacial score (nSPS) is 42.2. The van der Waals surface area contributed by atoms with Crippen molar-refractivity contribution in [1.82, 2.24) is 14.7 Å². The van der Waals surface area contributed by atoms with Crippen molar-refractivity contribution >= 4 is 0 Å². The summed E-state index contributed by atoms with van der Waals surface area (Å²) in [5, 5.41) is 0. The number of ether oxygens (including phenoxy) is 6. The Morgan fingerprint density at radius 2 is 0.833 bits per heavy atom. The summed E-state index contributed by atoms with van der Waals surface area (Å²) in [7, 11) is 0. The Balaban J connectivity index is 1.11. The first kappa shape index (κ1) is 24.7. The maximum absolute atomic E-state index is 5.70. The molecule has 1 saturated carbocycles.